The predicted octanol–water partition coefficient (Wildman–Crippen LogP) is 4.68. The van der Waals surface area contributed by atoms with Crippen LogP contribution in [0.2, 0.25) is 0 Å². The fourth-order valence-corrected chi connectivity index (χ4v) is 3.56. The van der Waals surface area contributed by atoms with Gasteiger partial charge in [0.25, 0.3) is 0 Å². The van der Waals surface area contributed by atoms with Crippen LogP contribution in [0.1, 0.15) is 63.4 Å². The van der Waals surface area contributed by atoms with E-state index in [9.17, 15) is 9.18 Å². The normalized spacial score (nSPS) is 19.1. The van der Waals surface area contributed by atoms with Gasteiger partial charge in [-0.1, -0.05) is 50.3 Å². The number of amides is 1. The molecule has 0 aliphatic heterocycles. The van der Waals surface area contributed by atoms with E-state index in [4.69, 9.17) is 0 Å². The van der Waals surface area contributed by atoms with Crippen LogP contribution in [0.25, 0.3) is 0 Å². The highest BCUT2D eigenvalue weighted by atomic mass is 19.1. The van der Waals surface area contributed by atoms with Crippen molar-refractivity contribution in [2.75, 3.05) is 0 Å². The fourth-order valence-electron chi connectivity index (χ4n) is 3.56. The van der Waals surface area contributed by atoms with Crippen LogP contribution in [0.4, 0.5) is 4.39 Å². The molecule has 120 valence electrons. The molecule has 0 N–H and O–H groups in total. The molecule has 2 aliphatic rings. The van der Waals surface area contributed by atoms with E-state index in [-0.39, 0.29) is 11.7 Å². The number of hydrogen-bond acceptors (Lipinski definition) is 1. The minimum atomic E-state index is -0.201. The first-order chi connectivity index (χ1) is 10.7. The average Bonchev–Trinajstić information content (AvgIpc) is 3.37. The van der Waals surface area contributed by atoms with Crippen LogP contribution in [-0.4, -0.2) is 16.8 Å². The number of rotatable bonds is 6. The maximum absolute atomic E-state index is 13.8. The fraction of sp³-hybridized carbons (Fsp3) is 0.632. The van der Waals surface area contributed by atoms with Gasteiger partial charge in [-0.3, -0.25) is 4.79 Å². The largest absolute Gasteiger partial charge is 0.335 e. The molecule has 22 heavy (non-hydrogen) atoms. The summed E-state index contributed by atoms with van der Waals surface area (Å²) in [5.74, 6) is 0.747. The van der Waals surface area contributed by atoms with E-state index in [1.807, 2.05) is 11.0 Å². The maximum Gasteiger partial charge on any atom is 0.223 e. The molecule has 0 aromatic heterocycles. The van der Waals surface area contributed by atoms with E-state index < -0.39 is 0 Å². The zero-order valence-corrected chi connectivity index (χ0v) is 13.3. The van der Waals surface area contributed by atoms with Gasteiger partial charge in [-0.15, -0.1) is 0 Å². The monoisotopic (exact) mass is 303 g/mol. The predicted molar refractivity (Wildman–Crippen MR) is 85.8 cm³/mol. The first-order valence-corrected chi connectivity index (χ1v) is 8.77. The number of nitrogens with zero attached hydrogens (tertiary/aromatic N) is 1. The standard InChI is InChI=1S/C19H26FNO/c20-18-9-5-4-8-16(18)14-21(17-11-12-17)19(22)13-10-15-6-2-1-3-7-15/h4-5,8-9,15,17H,1-3,6-7,10-14H2. The van der Waals surface area contributed by atoms with Gasteiger partial charge in [-0.05, 0) is 31.2 Å². The molecule has 2 nitrogen and oxygen atoms in total. The van der Waals surface area contributed by atoms with Crippen LogP contribution in [0.3, 0.4) is 0 Å². The van der Waals surface area contributed by atoms with E-state index in [1.165, 1.54) is 38.2 Å². The molecule has 2 fully saturated rings. The van der Waals surface area contributed by atoms with Gasteiger partial charge in [0.05, 0.1) is 0 Å². The first kappa shape index (κ1) is 15.5. The molecule has 2 saturated carbocycles. The molecule has 0 atom stereocenters. The van der Waals surface area contributed by atoms with Gasteiger partial charge >= 0.3 is 0 Å². The Morgan fingerprint density at radius 3 is 2.50 bits per heavy atom. The van der Waals surface area contributed by atoms with Gasteiger partial charge in [-0.2, -0.15) is 0 Å². The summed E-state index contributed by atoms with van der Waals surface area (Å²) in [7, 11) is 0. The van der Waals surface area contributed by atoms with E-state index in [0.29, 0.717) is 24.6 Å². The Morgan fingerprint density at radius 1 is 1.09 bits per heavy atom. The van der Waals surface area contributed by atoms with Crippen molar-refractivity contribution in [2.45, 2.75) is 70.4 Å². The Balaban J connectivity index is 1.56. The highest BCUT2D eigenvalue weighted by Crippen LogP contribution is 2.31. The van der Waals surface area contributed by atoms with Gasteiger partial charge in [0.15, 0.2) is 0 Å². The molecule has 3 heteroatoms. The highest BCUT2D eigenvalue weighted by Gasteiger charge is 2.33. The Labute approximate surface area is 132 Å². The lowest BCUT2D eigenvalue weighted by molar-refractivity contribution is -0.132. The first-order valence-electron chi connectivity index (χ1n) is 8.77. The Kier molecular flexibility index (Phi) is 5.12. The molecule has 0 saturated heterocycles. The third-order valence-electron chi connectivity index (χ3n) is 5.10. The third kappa shape index (κ3) is 4.08. The maximum atomic E-state index is 13.8. The van der Waals surface area contributed by atoms with Gasteiger partial charge in [0.1, 0.15) is 5.82 Å². The van der Waals surface area contributed by atoms with Gasteiger partial charge < -0.3 is 4.90 Å². The summed E-state index contributed by atoms with van der Waals surface area (Å²) in [6.07, 6.45) is 10.4. The summed E-state index contributed by atoms with van der Waals surface area (Å²) in [6, 6.07) is 7.16. The van der Waals surface area contributed by atoms with Gasteiger partial charge in [0, 0.05) is 24.6 Å². The second-order valence-corrected chi connectivity index (χ2v) is 6.89. The molecular weight excluding hydrogens is 277 g/mol. The van der Waals surface area contributed by atoms with Crippen molar-refractivity contribution < 1.29 is 9.18 Å². The minimum absolute atomic E-state index is 0.201. The number of carbonyl (C=O) groups is 1. The van der Waals surface area contributed by atoms with Crippen molar-refractivity contribution in [3.8, 4) is 0 Å². The van der Waals surface area contributed by atoms with Crippen LogP contribution < -0.4 is 0 Å². The zero-order valence-electron chi connectivity index (χ0n) is 13.3. The van der Waals surface area contributed by atoms with Crippen molar-refractivity contribution in [3.05, 3.63) is 35.6 Å². The van der Waals surface area contributed by atoms with Crippen molar-refractivity contribution in [3.63, 3.8) is 0 Å². The summed E-state index contributed by atoms with van der Waals surface area (Å²) in [6.45, 7) is 0.431. The lowest BCUT2D eigenvalue weighted by atomic mass is 9.86. The Hall–Kier alpha value is -1.38. The quantitative estimate of drug-likeness (QED) is 0.747. The van der Waals surface area contributed by atoms with Crippen LogP contribution in [0.15, 0.2) is 24.3 Å². The number of benzene rings is 1. The van der Waals surface area contributed by atoms with Crippen LogP contribution >= 0.6 is 0 Å². The van der Waals surface area contributed by atoms with Crippen molar-refractivity contribution in [1.82, 2.24) is 4.90 Å². The van der Waals surface area contributed by atoms with Crippen molar-refractivity contribution in [2.24, 2.45) is 5.92 Å². The second-order valence-electron chi connectivity index (χ2n) is 6.89. The zero-order chi connectivity index (χ0) is 15.4. The topological polar surface area (TPSA) is 20.3 Å². The van der Waals surface area contributed by atoms with Gasteiger partial charge in [-0.25, -0.2) is 4.39 Å². The molecule has 3 rings (SSSR count). The number of hydrogen-bond donors (Lipinski definition) is 0. The molecule has 0 heterocycles. The summed E-state index contributed by atoms with van der Waals surface area (Å²) in [5.41, 5.74) is 0.639. The Morgan fingerprint density at radius 2 is 1.82 bits per heavy atom. The molecule has 0 unspecified atom stereocenters. The molecule has 1 amide bonds. The minimum Gasteiger partial charge on any atom is -0.335 e. The smallest absolute Gasteiger partial charge is 0.223 e. The summed E-state index contributed by atoms with van der Waals surface area (Å²) in [4.78, 5) is 14.5. The van der Waals surface area contributed by atoms with Crippen molar-refractivity contribution in [1.29, 1.82) is 0 Å². The Bertz CT molecular complexity index is 506. The third-order valence-corrected chi connectivity index (χ3v) is 5.10. The van der Waals surface area contributed by atoms with Crippen LogP contribution in [-0.2, 0) is 11.3 Å². The SMILES string of the molecule is O=C(CCC1CCCCC1)N(Cc1ccccc1F)C1CC1. The van der Waals surface area contributed by atoms with Gasteiger partial charge in [0.2, 0.25) is 5.91 Å². The van der Waals surface area contributed by atoms with E-state index >= 15 is 0 Å². The molecule has 0 spiro atoms. The van der Waals surface area contributed by atoms with E-state index in [2.05, 4.69) is 0 Å². The van der Waals surface area contributed by atoms with Crippen LogP contribution in [0.5, 0.6) is 0 Å². The lowest BCUT2D eigenvalue weighted by Crippen LogP contribution is -2.33. The van der Waals surface area contributed by atoms with E-state index in [0.717, 1.165) is 25.2 Å². The molecule has 2 aliphatic carbocycles. The molecule has 1 aromatic rings. The lowest BCUT2D eigenvalue weighted by Gasteiger charge is -2.25. The molecular formula is C19H26FNO. The average molecular weight is 303 g/mol. The molecule has 0 bridgehead atoms. The second kappa shape index (κ2) is 7.26. The summed E-state index contributed by atoms with van der Waals surface area (Å²) in [5, 5.41) is 0. The summed E-state index contributed by atoms with van der Waals surface area (Å²) < 4.78 is 13.8. The van der Waals surface area contributed by atoms with E-state index in [1.54, 1.807) is 12.1 Å². The van der Waals surface area contributed by atoms with Crippen LogP contribution in [0, 0.1) is 11.7 Å². The molecule has 1 aromatic carbocycles. The highest BCUT2D eigenvalue weighted by molar-refractivity contribution is 5.76. The van der Waals surface area contributed by atoms with Crippen molar-refractivity contribution >= 4 is 5.91 Å². The number of carbonyl (C=O) groups excluding carboxylic acids is 1. The molecule has 0 radical (unpaired) electrons. The summed E-state index contributed by atoms with van der Waals surface area (Å²) >= 11 is 0. The number of halogens is 1.